The van der Waals surface area contributed by atoms with Crippen molar-refractivity contribution in [2.75, 3.05) is 0 Å². The Morgan fingerprint density at radius 3 is 2.62 bits per heavy atom. The smallest absolute Gasteiger partial charge is 0.248 e. The van der Waals surface area contributed by atoms with Crippen LogP contribution in [0.5, 0.6) is 0 Å². The van der Waals surface area contributed by atoms with Crippen molar-refractivity contribution < 1.29 is 8.78 Å². The molecule has 6 heteroatoms. The van der Waals surface area contributed by atoms with Gasteiger partial charge in [-0.1, -0.05) is 12.1 Å². The standard InChI is InChI=1S/C20H15F2N3O/c21-13-3-1-4-14(22)18(13)15-9-12-11-7-8-20(10-11,19(12)25-24-15)16-5-2-6-17(26)23-16/h1-6,9,11H,7-8,10H2,(H,23,26)/t11-,20+/m1/s1. The second-order valence-corrected chi connectivity index (χ2v) is 7.08. The van der Waals surface area contributed by atoms with Crippen molar-refractivity contribution in [1.82, 2.24) is 15.2 Å². The van der Waals surface area contributed by atoms with Gasteiger partial charge in [-0.2, -0.15) is 5.10 Å². The van der Waals surface area contributed by atoms with Gasteiger partial charge in [0.1, 0.15) is 11.6 Å². The zero-order valence-electron chi connectivity index (χ0n) is 13.8. The molecule has 2 aromatic heterocycles. The van der Waals surface area contributed by atoms with Gasteiger partial charge < -0.3 is 4.98 Å². The molecule has 0 radical (unpaired) electrons. The molecular formula is C20H15F2N3O. The molecule has 2 aliphatic carbocycles. The summed E-state index contributed by atoms with van der Waals surface area (Å²) in [5.41, 5.74) is 2.19. The molecule has 2 heterocycles. The molecule has 130 valence electrons. The highest BCUT2D eigenvalue weighted by molar-refractivity contribution is 5.63. The molecule has 4 nitrogen and oxygen atoms in total. The normalized spacial score (nSPS) is 23.2. The van der Waals surface area contributed by atoms with Crippen molar-refractivity contribution in [2.45, 2.75) is 30.6 Å². The lowest BCUT2D eigenvalue weighted by Crippen LogP contribution is -2.28. The molecule has 1 aromatic carbocycles. The Kier molecular flexibility index (Phi) is 3.13. The van der Waals surface area contributed by atoms with Gasteiger partial charge in [0.25, 0.3) is 0 Å². The van der Waals surface area contributed by atoms with Crippen LogP contribution in [0, 0.1) is 11.6 Å². The van der Waals surface area contributed by atoms with Crippen LogP contribution >= 0.6 is 0 Å². The van der Waals surface area contributed by atoms with Crippen LogP contribution in [0.4, 0.5) is 8.78 Å². The molecule has 5 rings (SSSR count). The molecule has 1 N–H and O–H groups in total. The Labute approximate surface area is 147 Å². The zero-order valence-corrected chi connectivity index (χ0v) is 13.8. The highest BCUT2D eigenvalue weighted by Crippen LogP contribution is 2.59. The fourth-order valence-electron chi connectivity index (χ4n) is 4.58. The highest BCUT2D eigenvalue weighted by atomic mass is 19.1. The number of nitrogens with zero attached hydrogens (tertiary/aromatic N) is 2. The lowest BCUT2D eigenvalue weighted by atomic mass is 9.79. The van der Waals surface area contributed by atoms with Gasteiger partial charge in [0, 0.05) is 11.8 Å². The van der Waals surface area contributed by atoms with Crippen LogP contribution in [0.2, 0.25) is 0 Å². The molecule has 0 aliphatic heterocycles. The lowest BCUT2D eigenvalue weighted by molar-refractivity contribution is 0.508. The van der Waals surface area contributed by atoms with E-state index in [-0.39, 0.29) is 28.1 Å². The predicted molar refractivity (Wildman–Crippen MR) is 91.8 cm³/mol. The van der Waals surface area contributed by atoms with Crippen LogP contribution in [-0.2, 0) is 5.41 Å². The number of H-pyrrole nitrogens is 1. The van der Waals surface area contributed by atoms with Gasteiger partial charge in [0.15, 0.2) is 0 Å². The summed E-state index contributed by atoms with van der Waals surface area (Å²) < 4.78 is 28.2. The molecular weight excluding hydrogens is 336 g/mol. The van der Waals surface area contributed by atoms with E-state index in [2.05, 4.69) is 15.2 Å². The van der Waals surface area contributed by atoms with E-state index >= 15 is 0 Å². The van der Waals surface area contributed by atoms with Gasteiger partial charge in [0.2, 0.25) is 5.56 Å². The Balaban J connectivity index is 1.68. The van der Waals surface area contributed by atoms with E-state index in [0.29, 0.717) is 0 Å². The van der Waals surface area contributed by atoms with E-state index in [0.717, 1.165) is 36.2 Å². The fraction of sp³-hybridized carbons (Fsp3) is 0.250. The Morgan fingerprint density at radius 1 is 1.08 bits per heavy atom. The van der Waals surface area contributed by atoms with Crippen LogP contribution in [0.1, 0.15) is 42.1 Å². The number of benzene rings is 1. The maximum absolute atomic E-state index is 14.1. The maximum atomic E-state index is 14.1. The minimum atomic E-state index is -0.649. The van der Waals surface area contributed by atoms with Crippen LogP contribution in [0.15, 0.2) is 47.3 Å². The predicted octanol–water partition coefficient (Wildman–Crippen LogP) is 3.68. The third kappa shape index (κ3) is 2.01. The zero-order chi connectivity index (χ0) is 17.9. The van der Waals surface area contributed by atoms with Gasteiger partial charge in [-0.3, -0.25) is 4.79 Å². The summed E-state index contributed by atoms with van der Waals surface area (Å²) in [6.45, 7) is 0. The third-order valence-electron chi connectivity index (χ3n) is 5.73. The maximum Gasteiger partial charge on any atom is 0.248 e. The average molecular weight is 351 g/mol. The summed E-state index contributed by atoms with van der Waals surface area (Å²) >= 11 is 0. The number of halogens is 2. The van der Waals surface area contributed by atoms with E-state index in [1.807, 2.05) is 6.07 Å². The van der Waals surface area contributed by atoms with Crippen molar-refractivity contribution in [2.24, 2.45) is 0 Å². The number of hydrogen-bond acceptors (Lipinski definition) is 3. The number of hydrogen-bond donors (Lipinski definition) is 1. The van der Waals surface area contributed by atoms with Crippen LogP contribution < -0.4 is 5.56 Å². The number of rotatable bonds is 2. The molecule has 0 saturated heterocycles. The molecule has 0 unspecified atom stereocenters. The quantitative estimate of drug-likeness (QED) is 0.766. The minimum absolute atomic E-state index is 0.146. The van der Waals surface area contributed by atoms with Crippen molar-refractivity contribution in [3.8, 4) is 11.3 Å². The first-order valence-electron chi connectivity index (χ1n) is 8.61. The molecule has 2 aliphatic rings. The summed E-state index contributed by atoms with van der Waals surface area (Å²) in [4.78, 5) is 14.7. The van der Waals surface area contributed by atoms with E-state index in [1.54, 1.807) is 12.1 Å². The molecule has 2 bridgehead atoms. The van der Waals surface area contributed by atoms with Crippen molar-refractivity contribution in [1.29, 1.82) is 0 Å². The van der Waals surface area contributed by atoms with Crippen LogP contribution in [-0.4, -0.2) is 15.2 Å². The van der Waals surface area contributed by atoms with Gasteiger partial charge in [0.05, 0.1) is 22.4 Å². The summed E-state index contributed by atoms with van der Waals surface area (Å²) in [5.74, 6) is -1.04. The Bertz CT molecular complexity index is 1070. The van der Waals surface area contributed by atoms with Crippen LogP contribution in [0.3, 0.4) is 0 Å². The van der Waals surface area contributed by atoms with Gasteiger partial charge in [-0.15, -0.1) is 5.10 Å². The molecule has 1 saturated carbocycles. The average Bonchev–Trinajstić information content (AvgIpc) is 3.20. The van der Waals surface area contributed by atoms with Crippen LogP contribution in [0.25, 0.3) is 11.3 Å². The molecule has 3 aromatic rings. The molecule has 0 spiro atoms. The number of nitrogens with one attached hydrogen (secondary N) is 1. The second-order valence-electron chi connectivity index (χ2n) is 7.08. The summed E-state index contributed by atoms with van der Waals surface area (Å²) in [7, 11) is 0. The molecule has 0 amide bonds. The summed E-state index contributed by atoms with van der Waals surface area (Å²) in [5, 5.41) is 8.51. The monoisotopic (exact) mass is 351 g/mol. The Morgan fingerprint density at radius 2 is 1.85 bits per heavy atom. The minimum Gasteiger partial charge on any atom is -0.325 e. The molecule has 26 heavy (non-hydrogen) atoms. The largest absolute Gasteiger partial charge is 0.325 e. The molecule has 1 fully saturated rings. The van der Waals surface area contributed by atoms with E-state index in [1.165, 1.54) is 24.3 Å². The van der Waals surface area contributed by atoms with E-state index < -0.39 is 11.6 Å². The first-order valence-corrected chi connectivity index (χ1v) is 8.61. The first kappa shape index (κ1) is 15.4. The molecule has 2 atom stereocenters. The highest BCUT2D eigenvalue weighted by Gasteiger charge is 2.52. The SMILES string of the molecule is O=c1cccc([C@]23CC[C@H](C2)c2cc(-c4c(F)cccc4F)nnc23)[nH]1. The third-order valence-corrected chi connectivity index (χ3v) is 5.73. The van der Waals surface area contributed by atoms with E-state index in [9.17, 15) is 13.6 Å². The summed E-state index contributed by atoms with van der Waals surface area (Å²) in [6, 6.07) is 10.7. The van der Waals surface area contributed by atoms with Crippen molar-refractivity contribution in [3.05, 3.63) is 81.4 Å². The number of pyridine rings is 1. The van der Waals surface area contributed by atoms with Gasteiger partial charge in [-0.25, -0.2) is 8.78 Å². The topological polar surface area (TPSA) is 58.6 Å². The Hall–Kier alpha value is -2.89. The van der Waals surface area contributed by atoms with Gasteiger partial charge in [-0.05, 0) is 55.0 Å². The number of aromatic amines is 1. The second kappa shape index (κ2) is 5.30. The number of fused-ring (bicyclic) bond motifs is 5. The first-order chi connectivity index (χ1) is 12.6. The summed E-state index contributed by atoms with van der Waals surface area (Å²) in [6.07, 6.45) is 2.67. The fourth-order valence-corrected chi connectivity index (χ4v) is 4.58. The lowest BCUT2D eigenvalue weighted by Gasteiger charge is -2.27. The van der Waals surface area contributed by atoms with Gasteiger partial charge >= 0.3 is 0 Å². The van der Waals surface area contributed by atoms with Crippen molar-refractivity contribution >= 4 is 0 Å². The van der Waals surface area contributed by atoms with E-state index in [4.69, 9.17) is 0 Å². The number of aromatic nitrogens is 3. The van der Waals surface area contributed by atoms with Crippen molar-refractivity contribution in [3.63, 3.8) is 0 Å².